The third kappa shape index (κ3) is 4.75. The molecule has 0 aromatic carbocycles. The zero-order chi connectivity index (χ0) is 11.8. The summed E-state index contributed by atoms with van der Waals surface area (Å²) in [6.45, 7) is 3.07. The van der Waals surface area contributed by atoms with E-state index in [1.165, 1.54) is 0 Å². The first-order valence-corrected chi connectivity index (χ1v) is 5.38. The van der Waals surface area contributed by atoms with Crippen LogP contribution in [0.3, 0.4) is 0 Å². The number of nitrogens with two attached hydrogens (primary N) is 1. The van der Waals surface area contributed by atoms with Crippen LogP contribution in [0.4, 0.5) is 5.82 Å². The molecule has 0 fully saturated rings. The number of aromatic nitrogens is 1. The fourth-order valence-corrected chi connectivity index (χ4v) is 1.14. The van der Waals surface area contributed by atoms with Gasteiger partial charge in [0.15, 0.2) is 0 Å². The number of rotatable bonds is 6. The number of hydrogen-bond acceptors (Lipinski definition) is 4. The summed E-state index contributed by atoms with van der Waals surface area (Å²) in [7, 11) is 0. The molecule has 0 aliphatic heterocycles. The van der Waals surface area contributed by atoms with Crippen molar-refractivity contribution in [2.24, 2.45) is 5.73 Å². The Balaban J connectivity index is 2.07. The maximum absolute atomic E-state index is 11.1. The summed E-state index contributed by atoms with van der Waals surface area (Å²) < 4.78 is 0. The lowest BCUT2D eigenvalue weighted by molar-refractivity contribution is -0.121. The number of nitrogens with one attached hydrogen (secondary N) is 2. The van der Waals surface area contributed by atoms with E-state index in [-0.39, 0.29) is 5.91 Å². The summed E-state index contributed by atoms with van der Waals surface area (Å²) in [6.07, 6.45) is 2.58. The normalized spacial score (nSPS) is 11.9. The van der Waals surface area contributed by atoms with E-state index in [1.807, 2.05) is 18.2 Å². The fraction of sp³-hybridized carbons (Fsp3) is 0.455. The Morgan fingerprint density at radius 1 is 1.50 bits per heavy atom. The molecule has 0 saturated carbocycles. The molecule has 1 unspecified atom stereocenters. The minimum atomic E-state index is -0.441. The third-order valence-electron chi connectivity index (χ3n) is 2.04. The SMILES string of the molecule is CC(N)C(=O)NCCCNc1ccccn1. The van der Waals surface area contributed by atoms with Crippen LogP contribution in [0, 0.1) is 0 Å². The average Bonchev–Trinajstić information content (AvgIpc) is 2.29. The minimum absolute atomic E-state index is 0.113. The third-order valence-corrected chi connectivity index (χ3v) is 2.04. The zero-order valence-corrected chi connectivity index (χ0v) is 9.44. The quantitative estimate of drug-likeness (QED) is 0.607. The van der Waals surface area contributed by atoms with Gasteiger partial charge < -0.3 is 16.4 Å². The Morgan fingerprint density at radius 3 is 2.94 bits per heavy atom. The molecule has 0 spiro atoms. The molecular weight excluding hydrogens is 204 g/mol. The van der Waals surface area contributed by atoms with E-state index in [4.69, 9.17) is 5.73 Å². The van der Waals surface area contributed by atoms with E-state index in [9.17, 15) is 4.79 Å². The molecule has 1 atom stereocenters. The molecule has 5 heteroatoms. The Morgan fingerprint density at radius 2 is 2.31 bits per heavy atom. The molecular formula is C11H18N4O. The van der Waals surface area contributed by atoms with Crippen LogP contribution in [0.5, 0.6) is 0 Å². The number of pyridine rings is 1. The Hall–Kier alpha value is -1.62. The highest BCUT2D eigenvalue weighted by Gasteiger charge is 2.04. The number of carbonyl (C=O) groups is 1. The lowest BCUT2D eigenvalue weighted by Crippen LogP contribution is -2.39. The van der Waals surface area contributed by atoms with Crippen LogP contribution in [0.2, 0.25) is 0 Å². The van der Waals surface area contributed by atoms with E-state index < -0.39 is 6.04 Å². The molecule has 0 saturated heterocycles. The zero-order valence-electron chi connectivity index (χ0n) is 9.44. The van der Waals surface area contributed by atoms with Gasteiger partial charge in [-0.25, -0.2) is 4.98 Å². The van der Waals surface area contributed by atoms with Crippen molar-refractivity contribution in [1.29, 1.82) is 0 Å². The molecule has 0 aliphatic rings. The molecule has 4 N–H and O–H groups in total. The van der Waals surface area contributed by atoms with Crippen LogP contribution >= 0.6 is 0 Å². The number of anilines is 1. The Bertz CT molecular complexity index is 313. The van der Waals surface area contributed by atoms with Gasteiger partial charge in [0.25, 0.3) is 0 Å². The van der Waals surface area contributed by atoms with Gasteiger partial charge in [-0.2, -0.15) is 0 Å². The lowest BCUT2D eigenvalue weighted by atomic mass is 10.3. The van der Waals surface area contributed by atoms with Crippen LogP contribution in [0.25, 0.3) is 0 Å². The van der Waals surface area contributed by atoms with Gasteiger partial charge in [0.1, 0.15) is 5.82 Å². The van der Waals surface area contributed by atoms with Gasteiger partial charge in [0, 0.05) is 19.3 Å². The van der Waals surface area contributed by atoms with Crippen LogP contribution in [-0.2, 0) is 4.79 Å². The predicted molar refractivity (Wildman–Crippen MR) is 64.0 cm³/mol. The van der Waals surface area contributed by atoms with Gasteiger partial charge in [-0.1, -0.05) is 6.07 Å². The van der Waals surface area contributed by atoms with E-state index in [0.29, 0.717) is 6.54 Å². The molecule has 0 radical (unpaired) electrons. The lowest BCUT2D eigenvalue weighted by Gasteiger charge is -2.08. The molecule has 1 rings (SSSR count). The summed E-state index contributed by atoms with van der Waals surface area (Å²) in [6, 6.07) is 5.26. The second kappa shape index (κ2) is 6.79. The molecule has 1 heterocycles. The number of nitrogens with zero attached hydrogens (tertiary/aromatic N) is 1. The number of amides is 1. The van der Waals surface area contributed by atoms with Gasteiger partial charge in [0.2, 0.25) is 5.91 Å². The van der Waals surface area contributed by atoms with Crippen LogP contribution in [0.15, 0.2) is 24.4 Å². The van der Waals surface area contributed by atoms with E-state index in [1.54, 1.807) is 13.1 Å². The van der Waals surface area contributed by atoms with Gasteiger partial charge in [-0.15, -0.1) is 0 Å². The smallest absolute Gasteiger partial charge is 0.236 e. The first kappa shape index (κ1) is 12.4. The topological polar surface area (TPSA) is 80.0 Å². The van der Waals surface area contributed by atoms with Crippen LogP contribution < -0.4 is 16.4 Å². The highest BCUT2D eigenvalue weighted by molar-refractivity contribution is 5.80. The largest absolute Gasteiger partial charge is 0.370 e. The van der Waals surface area contributed by atoms with E-state index in [2.05, 4.69) is 15.6 Å². The highest BCUT2D eigenvalue weighted by atomic mass is 16.2. The van der Waals surface area contributed by atoms with E-state index in [0.717, 1.165) is 18.8 Å². The summed E-state index contributed by atoms with van der Waals surface area (Å²) >= 11 is 0. The molecule has 0 aliphatic carbocycles. The van der Waals surface area contributed by atoms with Crippen molar-refractivity contribution in [1.82, 2.24) is 10.3 Å². The summed E-state index contributed by atoms with van der Waals surface area (Å²) in [5.74, 6) is 0.735. The van der Waals surface area contributed by atoms with Gasteiger partial charge in [-0.05, 0) is 25.5 Å². The average molecular weight is 222 g/mol. The molecule has 1 aromatic rings. The molecule has 88 valence electrons. The maximum atomic E-state index is 11.1. The number of hydrogen-bond donors (Lipinski definition) is 3. The number of carbonyl (C=O) groups excluding carboxylic acids is 1. The van der Waals surface area contributed by atoms with Crippen molar-refractivity contribution < 1.29 is 4.79 Å². The van der Waals surface area contributed by atoms with Crippen LogP contribution in [0.1, 0.15) is 13.3 Å². The summed E-state index contributed by atoms with van der Waals surface area (Å²) in [5.41, 5.74) is 5.40. The molecule has 1 aromatic heterocycles. The van der Waals surface area contributed by atoms with Crippen LogP contribution in [-0.4, -0.2) is 30.0 Å². The first-order valence-electron chi connectivity index (χ1n) is 5.38. The minimum Gasteiger partial charge on any atom is -0.370 e. The van der Waals surface area contributed by atoms with Crippen molar-refractivity contribution in [3.63, 3.8) is 0 Å². The van der Waals surface area contributed by atoms with E-state index >= 15 is 0 Å². The van der Waals surface area contributed by atoms with Gasteiger partial charge >= 0.3 is 0 Å². The van der Waals surface area contributed by atoms with Gasteiger partial charge in [0.05, 0.1) is 6.04 Å². The molecule has 16 heavy (non-hydrogen) atoms. The monoisotopic (exact) mass is 222 g/mol. The Kier molecular flexibility index (Phi) is 5.28. The second-order valence-corrected chi connectivity index (χ2v) is 3.58. The molecule has 0 bridgehead atoms. The van der Waals surface area contributed by atoms with Gasteiger partial charge in [-0.3, -0.25) is 4.79 Å². The predicted octanol–water partition coefficient (Wildman–Crippen LogP) is 0.347. The van der Waals surface area contributed by atoms with Crippen molar-refractivity contribution in [2.75, 3.05) is 18.4 Å². The molecule has 5 nitrogen and oxygen atoms in total. The second-order valence-electron chi connectivity index (χ2n) is 3.58. The van der Waals surface area contributed by atoms with Crippen molar-refractivity contribution in [2.45, 2.75) is 19.4 Å². The maximum Gasteiger partial charge on any atom is 0.236 e. The van der Waals surface area contributed by atoms with Crippen molar-refractivity contribution in [3.05, 3.63) is 24.4 Å². The standard InChI is InChI=1S/C11H18N4O/c1-9(12)11(16)15-8-4-7-14-10-5-2-3-6-13-10/h2-3,5-6,9H,4,7-8,12H2,1H3,(H,13,14)(H,15,16). The first-order chi connectivity index (χ1) is 7.70. The summed E-state index contributed by atoms with van der Waals surface area (Å²) in [5, 5.41) is 5.90. The molecule has 1 amide bonds. The summed E-state index contributed by atoms with van der Waals surface area (Å²) in [4.78, 5) is 15.2. The highest BCUT2D eigenvalue weighted by Crippen LogP contribution is 1.98. The van der Waals surface area contributed by atoms with Crippen molar-refractivity contribution >= 4 is 11.7 Å². The fourth-order valence-electron chi connectivity index (χ4n) is 1.14. The Labute approximate surface area is 95.4 Å². The van der Waals surface area contributed by atoms with Crippen molar-refractivity contribution in [3.8, 4) is 0 Å².